The lowest BCUT2D eigenvalue weighted by Crippen LogP contribution is -2.23. The number of rotatable bonds is 0. The standard InChI is InChI=1S/C14H15N/c1-15-11-9-14(10-12-15)8-7-13-5-3-2-4-6-13/h2-6,9H,10-12H2,1H3. The van der Waals surface area contributed by atoms with E-state index in [1.54, 1.807) is 0 Å². The van der Waals surface area contributed by atoms with Crippen LogP contribution < -0.4 is 0 Å². The first-order chi connectivity index (χ1) is 7.34. The van der Waals surface area contributed by atoms with E-state index >= 15 is 0 Å². The molecule has 1 heteroatoms. The molecule has 0 aromatic heterocycles. The van der Waals surface area contributed by atoms with Crippen molar-refractivity contribution in [3.8, 4) is 11.8 Å². The Labute approximate surface area is 91.4 Å². The maximum atomic E-state index is 3.24. The van der Waals surface area contributed by atoms with Crippen molar-refractivity contribution in [3.63, 3.8) is 0 Å². The molecule has 1 heterocycles. The van der Waals surface area contributed by atoms with Gasteiger partial charge in [0.1, 0.15) is 0 Å². The molecule has 0 fully saturated rings. The molecule has 0 radical (unpaired) electrons. The fourth-order valence-corrected chi connectivity index (χ4v) is 1.56. The van der Waals surface area contributed by atoms with Crippen molar-refractivity contribution in [1.29, 1.82) is 0 Å². The summed E-state index contributed by atoms with van der Waals surface area (Å²) in [5.41, 5.74) is 2.37. The second-order valence-corrected chi connectivity index (χ2v) is 3.86. The van der Waals surface area contributed by atoms with Crippen molar-refractivity contribution in [2.75, 3.05) is 20.1 Å². The SMILES string of the molecule is CN1CC=C(C#Cc2ccccc2)CC1. The summed E-state index contributed by atoms with van der Waals surface area (Å²) in [6, 6.07) is 10.1. The zero-order valence-corrected chi connectivity index (χ0v) is 9.03. The molecule has 0 atom stereocenters. The molecule has 76 valence electrons. The third-order valence-electron chi connectivity index (χ3n) is 2.55. The third kappa shape index (κ3) is 2.97. The number of hydrogen-bond acceptors (Lipinski definition) is 1. The predicted molar refractivity (Wildman–Crippen MR) is 63.5 cm³/mol. The van der Waals surface area contributed by atoms with Crippen molar-refractivity contribution in [3.05, 3.63) is 47.5 Å². The van der Waals surface area contributed by atoms with Gasteiger partial charge in [-0.2, -0.15) is 0 Å². The van der Waals surface area contributed by atoms with Crippen LogP contribution in [0.3, 0.4) is 0 Å². The maximum absolute atomic E-state index is 3.24. The van der Waals surface area contributed by atoms with Gasteiger partial charge < -0.3 is 4.90 Å². The van der Waals surface area contributed by atoms with Gasteiger partial charge in [0.15, 0.2) is 0 Å². The number of benzene rings is 1. The molecular weight excluding hydrogens is 182 g/mol. The molecule has 0 saturated carbocycles. The van der Waals surface area contributed by atoms with Crippen LogP contribution in [0.25, 0.3) is 0 Å². The smallest absolute Gasteiger partial charge is 0.0248 e. The molecule has 1 aromatic carbocycles. The lowest BCUT2D eigenvalue weighted by molar-refractivity contribution is 0.362. The molecule has 0 unspecified atom stereocenters. The van der Waals surface area contributed by atoms with Crippen molar-refractivity contribution in [2.45, 2.75) is 6.42 Å². The van der Waals surface area contributed by atoms with Crippen LogP contribution in [-0.2, 0) is 0 Å². The van der Waals surface area contributed by atoms with Crippen molar-refractivity contribution in [1.82, 2.24) is 4.90 Å². The van der Waals surface area contributed by atoms with E-state index in [2.05, 4.69) is 29.9 Å². The van der Waals surface area contributed by atoms with E-state index in [9.17, 15) is 0 Å². The molecule has 0 spiro atoms. The minimum atomic E-state index is 1.03. The molecular formula is C14H15N. The Kier molecular flexibility index (Phi) is 3.22. The lowest BCUT2D eigenvalue weighted by Gasteiger charge is -2.19. The summed E-state index contributed by atoms with van der Waals surface area (Å²) in [6.07, 6.45) is 3.30. The highest BCUT2D eigenvalue weighted by Crippen LogP contribution is 2.08. The average Bonchev–Trinajstić information content (AvgIpc) is 2.30. The minimum Gasteiger partial charge on any atom is -0.302 e. The highest BCUT2D eigenvalue weighted by molar-refractivity contribution is 5.41. The van der Waals surface area contributed by atoms with E-state index in [0.717, 1.165) is 25.1 Å². The Hall–Kier alpha value is -1.52. The Morgan fingerprint density at radius 1 is 1.13 bits per heavy atom. The Balaban J connectivity index is 2.07. The largest absolute Gasteiger partial charge is 0.302 e. The second kappa shape index (κ2) is 4.82. The van der Waals surface area contributed by atoms with Crippen LogP contribution in [0.15, 0.2) is 42.0 Å². The second-order valence-electron chi connectivity index (χ2n) is 3.86. The maximum Gasteiger partial charge on any atom is 0.0248 e. The lowest BCUT2D eigenvalue weighted by atomic mass is 10.1. The van der Waals surface area contributed by atoms with Gasteiger partial charge in [0.05, 0.1) is 0 Å². The van der Waals surface area contributed by atoms with Gasteiger partial charge in [-0.25, -0.2) is 0 Å². The monoisotopic (exact) mass is 197 g/mol. The topological polar surface area (TPSA) is 3.24 Å². The van der Waals surface area contributed by atoms with Gasteiger partial charge in [-0.05, 0) is 25.6 Å². The van der Waals surface area contributed by atoms with Crippen LogP contribution in [-0.4, -0.2) is 25.0 Å². The summed E-state index contributed by atoms with van der Waals surface area (Å²) in [5, 5.41) is 0. The Bertz CT molecular complexity index is 406. The summed E-state index contributed by atoms with van der Waals surface area (Å²) < 4.78 is 0. The molecule has 0 N–H and O–H groups in total. The van der Waals surface area contributed by atoms with Crippen LogP contribution in [0.1, 0.15) is 12.0 Å². The summed E-state index contributed by atoms with van der Waals surface area (Å²) in [6.45, 7) is 2.15. The quantitative estimate of drug-likeness (QED) is 0.577. The van der Waals surface area contributed by atoms with Gasteiger partial charge in [0.25, 0.3) is 0 Å². The van der Waals surface area contributed by atoms with Gasteiger partial charge in [-0.3, -0.25) is 0 Å². The highest BCUT2D eigenvalue weighted by atomic mass is 15.1. The predicted octanol–water partition coefficient (Wildman–Crippen LogP) is 2.30. The van der Waals surface area contributed by atoms with Crippen LogP contribution in [0, 0.1) is 11.8 Å². The van der Waals surface area contributed by atoms with Crippen LogP contribution in [0.2, 0.25) is 0 Å². The average molecular weight is 197 g/mol. The van der Waals surface area contributed by atoms with Crippen LogP contribution >= 0.6 is 0 Å². The van der Waals surface area contributed by atoms with E-state index < -0.39 is 0 Å². The summed E-state index contributed by atoms with van der Waals surface area (Å²) >= 11 is 0. The summed E-state index contributed by atoms with van der Waals surface area (Å²) in [7, 11) is 2.14. The van der Waals surface area contributed by atoms with E-state index in [4.69, 9.17) is 0 Å². The Morgan fingerprint density at radius 3 is 2.60 bits per heavy atom. The first kappa shape index (κ1) is 10.0. The number of likely N-dealkylation sites (N-methyl/N-ethyl adjacent to an activating group) is 1. The molecule has 0 amide bonds. The van der Waals surface area contributed by atoms with E-state index in [0.29, 0.717) is 0 Å². The normalized spacial score (nSPS) is 16.5. The third-order valence-corrected chi connectivity index (χ3v) is 2.55. The van der Waals surface area contributed by atoms with Gasteiger partial charge in [0, 0.05) is 24.2 Å². The highest BCUT2D eigenvalue weighted by Gasteiger charge is 2.04. The van der Waals surface area contributed by atoms with Crippen LogP contribution in [0.4, 0.5) is 0 Å². The molecule has 1 aromatic rings. The minimum absolute atomic E-state index is 1.03. The van der Waals surface area contributed by atoms with Gasteiger partial charge >= 0.3 is 0 Å². The molecule has 1 nitrogen and oxygen atoms in total. The first-order valence-electron chi connectivity index (χ1n) is 5.29. The van der Waals surface area contributed by atoms with Crippen molar-refractivity contribution >= 4 is 0 Å². The summed E-state index contributed by atoms with van der Waals surface area (Å²) in [4.78, 5) is 2.30. The number of hydrogen-bond donors (Lipinski definition) is 0. The van der Waals surface area contributed by atoms with Crippen LogP contribution in [0.5, 0.6) is 0 Å². The van der Waals surface area contributed by atoms with Gasteiger partial charge in [0.2, 0.25) is 0 Å². The molecule has 1 aliphatic heterocycles. The molecule has 0 saturated heterocycles. The first-order valence-corrected chi connectivity index (χ1v) is 5.29. The molecule has 1 aliphatic rings. The van der Waals surface area contributed by atoms with Gasteiger partial charge in [-0.15, -0.1) is 0 Å². The van der Waals surface area contributed by atoms with Crippen molar-refractivity contribution in [2.24, 2.45) is 0 Å². The fraction of sp³-hybridized carbons (Fsp3) is 0.286. The van der Waals surface area contributed by atoms with E-state index in [1.807, 2.05) is 30.3 Å². The van der Waals surface area contributed by atoms with E-state index in [1.165, 1.54) is 5.57 Å². The molecule has 2 rings (SSSR count). The van der Waals surface area contributed by atoms with Gasteiger partial charge in [-0.1, -0.05) is 36.1 Å². The number of nitrogens with zero attached hydrogens (tertiary/aromatic N) is 1. The molecule has 0 aliphatic carbocycles. The molecule has 0 bridgehead atoms. The van der Waals surface area contributed by atoms with E-state index in [-0.39, 0.29) is 0 Å². The Morgan fingerprint density at radius 2 is 1.93 bits per heavy atom. The molecule has 15 heavy (non-hydrogen) atoms. The zero-order valence-electron chi connectivity index (χ0n) is 9.03. The summed E-state index contributed by atoms with van der Waals surface area (Å²) in [5.74, 6) is 6.44. The zero-order chi connectivity index (χ0) is 10.5. The van der Waals surface area contributed by atoms with Crippen molar-refractivity contribution < 1.29 is 0 Å². The fourth-order valence-electron chi connectivity index (χ4n) is 1.56.